The second-order valence-corrected chi connectivity index (χ2v) is 7.01. The first-order valence-electron chi connectivity index (χ1n) is 9.70. The number of carbonyl (C=O) groups is 1. The molecule has 0 saturated carbocycles. The summed E-state index contributed by atoms with van der Waals surface area (Å²) < 4.78 is 5.16. The molecule has 1 atom stereocenters. The number of amides is 1. The van der Waals surface area contributed by atoms with Crippen molar-refractivity contribution in [2.45, 2.75) is 26.1 Å². The van der Waals surface area contributed by atoms with Crippen LogP contribution in [0.1, 0.15) is 34.0 Å². The maximum atomic E-state index is 12.4. The lowest BCUT2D eigenvalue weighted by Gasteiger charge is -2.19. The average molecular weight is 389 g/mol. The van der Waals surface area contributed by atoms with Gasteiger partial charge in [0.15, 0.2) is 0 Å². The molecule has 1 unspecified atom stereocenters. The van der Waals surface area contributed by atoms with Crippen molar-refractivity contribution in [3.63, 3.8) is 0 Å². The molecule has 0 spiro atoms. The Morgan fingerprint density at radius 1 is 1.03 bits per heavy atom. The number of nitrogens with one attached hydrogen (secondary N) is 2. The summed E-state index contributed by atoms with van der Waals surface area (Å²) in [5.74, 6) is -0.0600. The van der Waals surface area contributed by atoms with E-state index in [1.807, 2.05) is 42.5 Å². The van der Waals surface area contributed by atoms with Gasteiger partial charge in [-0.3, -0.25) is 15.1 Å². The molecule has 1 heterocycles. The summed E-state index contributed by atoms with van der Waals surface area (Å²) in [4.78, 5) is 16.9. The van der Waals surface area contributed by atoms with Gasteiger partial charge in [-0.1, -0.05) is 60.2 Å². The average Bonchev–Trinajstić information content (AvgIpc) is 2.75. The molecule has 0 aliphatic carbocycles. The van der Waals surface area contributed by atoms with E-state index in [9.17, 15) is 4.79 Å². The van der Waals surface area contributed by atoms with Gasteiger partial charge in [-0.15, -0.1) is 0 Å². The lowest BCUT2D eigenvalue weighted by Crippen LogP contribution is -2.36. The van der Waals surface area contributed by atoms with E-state index in [1.165, 1.54) is 5.56 Å². The van der Waals surface area contributed by atoms with E-state index >= 15 is 0 Å². The predicted molar refractivity (Wildman–Crippen MR) is 114 cm³/mol. The fourth-order valence-corrected chi connectivity index (χ4v) is 3.15. The summed E-state index contributed by atoms with van der Waals surface area (Å²) in [5, 5.41) is 6.32. The van der Waals surface area contributed by atoms with Crippen LogP contribution in [-0.2, 0) is 22.7 Å². The molecule has 0 radical (unpaired) electrons. The minimum atomic E-state index is -0.146. The number of hydrogen-bond acceptors (Lipinski definition) is 4. The van der Waals surface area contributed by atoms with E-state index in [2.05, 4.69) is 46.8 Å². The number of carbonyl (C=O) groups excluding carboxylic acids is 1. The van der Waals surface area contributed by atoms with E-state index in [1.54, 1.807) is 13.3 Å². The normalized spacial score (nSPS) is 11.8. The molecule has 1 amide bonds. The van der Waals surface area contributed by atoms with Crippen molar-refractivity contribution < 1.29 is 9.53 Å². The fourth-order valence-electron chi connectivity index (χ4n) is 3.15. The maximum absolute atomic E-state index is 12.4. The molecule has 0 aliphatic heterocycles. The monoisotopic (exact) mass is 389 g/mol. The quantitative estimate of drug-likeness (QED) is 0.588. The summed E-state index contributed by atoms with van der Waals surface area (Å²) in [5.41, 5.74) is 5.30. The smallest absolute Gasteiger partial charge is 0.234 e. The van der Waals surface area contributed by atoms with Crippen LogP contribution in [0.5, 0.6) is 0 Å². The van der Waals surface area contributed by atoms with Crippen LogP contribution in [0.3, 0.4) is 0 Å². The van der Waals surface area contributed by atoms with Crippen molar-refractivity contribution in [1.82, 2.24) is 15.6 Å². The molecular weight excluding hydrogens is 362 g/mol. The summed E-state index contributed by atoms with van der Waals surface area (Å²) in [6.07, 6.45) is 1.77. The fraction of sp³-hybridized carbons (Fsp3) is 0.250. The highest BCUT2D eigenvalue weighted by Crippen LogP contribution is 2.20. The Hall–Kier alpha value is -3.02. The number of nitrogens with zero attached hydrogens (tertiary/aromatic N) is 1. The second-order valence-electron chi connectivity index (χ2n) is 7.01. The molecule has 0 fully saturated rings. The Morgan fingerprint density at radius 2 is 1.83 bits per heavy atom. The zero-order valence-corrected chi connectivity index (χ0v) is 16.9. The number of ether oxygens (including phenoxy) is 1. The van der Waals surface area contributed by atoms with Gasteiger partial charge in [-0.2, -0.15) is 0 Å². The Bertz CT molecular complexity index is 911. The highest BCUT2D eigenvalue weighted by atomic mass is 16.5. The van der Waals surface area contributed by atoms with Crippen LogP contribution in [0, 0.1) is 6.92 Å². The molecule has 5 heteroatoms. The van der Waals surface area contributed by atoms with Gasteiger partial charge in [-0.05, 0) is 35.7 Å². The Kier molecular flexibility index (Phi) is 7.50. The molecule has 150 valence electrons. The number of aryl methyl sites for hydroxylation is 1. The lowest BCUT2D eigenvalue weighted by atomic mass is 10.0. The van der Waals surface area contributed by atoms with Gasteiger partial charge in [0.05, 0.1) is 24.9 Å². The SMILES string of the molecule is COCc1cccc(CNC(=O)CNC(c2ccc(C)cc2)c2ccccn2)c1. The predicted octanol–water partition coefficient (Wildman–Crippen LogP) is 3.53. The van der Waals surface area contributed by atoms with Crippen LogP contribution in [0.2, 0.25) is 0 Å². The first-order valence-corrected chi connectivity index (χ1v) is 9.70. The van der Waals surface area contributed by atoms with Crippen molar-refractivity contribution in [2.24, 2.45) is 0 Å². The van der Waals surface area contributed by atoms with E-state index in [4.69, 9.17) is 4.74 Å². The highest BCUT2D eigenvalue weighted by molar-refractivity contribution is 5.78. The zero-order valence-electron chi connectivity index (χ0n) is 16.9. The van der Waals surface area contributed by atoms with E-state index in [0.717, 1.165) is 22.4 Å². The van der Waals surface area contributed by atoms with Crippen LogP contribution >= 0.6 is 0 Å². The van der Waals surface area contributed by atoms with Gasteiger partial charge in [0.25, 0.3) is 0 Å². The number of benzene rings is 2. The van der Waals surface area contributed by atoms with Gasteiger partial charge in [-0.25, -0.2) is 0 Å². The highest BCUT2D eigenvalue weighted by Gasteiger charge is 2.16. The second kappa shape index (κ2) is 10.5. The van der Waals surface area contributed by atoms with Crippen LogP contribution in [-0.4, -0.2) is 24.5 Å². The van der Waals surface area contributed by atoms with Gasteiger partial charge in [0.1, 0.15) is 0 Å². The van der Waals surface area contributed by atoms with Crippen molar-refractivity contribution in [3.8, 4) is 0 Å². The Balaban J connectivity index is 1.61. The number of methoxy groups -OCH3 is 1. The van der Waals surface area contributed by atoms with Crippen molar-refractivity contribution >= 4 is 5.91 Å². The maximum Gasteiger partial charge on any atom is 0.234 e. The Morgan fingerprint density at radius 3 is 2.55 bits per heavy atom. The minimum Gasteiger partial charge on any atom is -0.380 e. The third kappa shape index (κ3) is 6.24. The topological polar surface area (TPSA) is 63.2 Å². The number of pyridine rings is 1. The van der Waals surface area contributed by atoms with Gasteiger partial charge in [0.2, 0.25) is 5.91 Å². The lowest BCUT2D eigenvalue weighted by molar-refractivity contribution is -0.120. The summed E-state index contributed by atoms with van der Waals surface area (Å²) >= 11 is 0. The van der Waals surface area contributed by atoms with Gasteiger partial charge >= 0.3 is 0 Å². The molecule has 29 heavy (non-hydrogen) atoms. The summed E-state index contributed by atoms with van der Waals surface area (Å²) in [7, 11) is 1.67. The third-order valence-electron chi connectivity index (χ3n) is 4.65. The molecule has 3 rings (SSSR count). The molecule has 0 aliphatic rings. The van der Waals surface area contributed by atoms with Gasteiger partial charge < -0.3 is 10.1 Å². The van der Waals surface area contributed by atoms with Crippen LogP contribution in [0.15, 0.2) is 72.9 Å². The molecular formula is C24H27N3O2. The standard InChI is InChI=1S/C24H27N3O2/c1-18-9-11-21(12-10-18)24(22-8-3-4-13-25-22)27-16-23(28)26-15-19-6-5-7-20(14-19)17-29-2/h3-14,24,27H,15-17H2,1-2H3,(H,26,28). The van der Waals surface area contributed by atoms with Crippen LogP contribution in [0.4, 0.5) is 0 Å². The van der Waals surface area contributed by atoms with Crippen molar-refractivity contribution in [2.75, 3.05) is 13.7 Å². The molecule has 5 nitrogen and oxygen atoms in total. The molecule has 0 bridgehead atoms. The molecule has 2 N–H and O–H groups in total. The van der Waals surface area contributed by atoms with Crippen LogP contribution < -0.4 is 10.6 Å². The molecule has 0 saturated heterocycles. The summed E-state index contributed by atoms with van der Waals surface area (Å²) in [6.45, 7) is 3.30. The number of aromatic nitrogens is 1. The summed E-state index contributed by atoms with van der Waals surface area (Å²) in [6, 6.07) is 22.0. The number of rotatable bonds is 9. The number of hydrogen-bond donors (Lipinski definition) is 2. The zero-order chi connectivity index (χ0) is 20.5. The van der Waals surface area contributed by atoms with E-state index in [-0.39, 0.29) is 18.5 Å². The first-order chi connectivity index (χ1) is 14.2. The molecule has 3 aromatic rings. The minimum absolute atomic E-state index is 0.0600. The van der Waals surface area contributed by atoms with Gasteiger partial charge in [0, 0.05) is 19.9 Å². The Labute approximate surface area is 172 Å². The first kappa shape index (κ1) is 20.7. The van der Waals surface area contributed by atoms with E-state index in [0.29, 0.717) is 13.2 Å². The molecule has 1 aromatic heterocycles. The van der Waals surface area contributed by atoms with E-state index < -0.39 is 0 Å². The van der Waals surface area contributed by atoms with Crippen molar-refractivity contribution in [1.29, 1.82) is 0 Å². The van der Waals surface area contributed by atoms with Crippen LogP contribution in [0.25, 0.3) is 0 Å². The third-order valence-corrected chi connectivity index (χ3v) is 4.65. The largest absolute Gasteiger partial charge is 0.380 e. The van der Waals surface area contributed by atoms with Crippen molar-refractivity contribution in [3.05, 3.63) is 101 Å². The molecule has 2 aromatic carbocycles.